The largest absolute Gasteiger partial charge is 0.547 e. The molecule has 1 aromatic heterocycles. The molecule has 0 spiro atoms. The van der Waals surface area contributed by atoms with E-state index in [2.05, 4.69) is 40.0 Å². The average Bonchev–Trinajstić information content (AvgIpc) is 3.03. The van der Waals surface area contributed by atoms with Crippen LogP contribution in [-0.2, 0) is 24.2 Å². The van der Waals surface area contributed by atoms with Crippen LogP contribution < -0.4 is 15.3 Å². The Morgan fingerprint density at radius 1 is 1.48 bits per heavy atom. The predicted molar refractivity (Wildman–Crippen MR) is 100 cm³/mol. The molecule has 10 heteroatoms. The van der Waals surface area contributed by atoms with Crippen LogP contribution in [0.25, 0.3) is 0 Å². The van der Waals surface area contributed by atoms with E-state index in [0.29, 0.717) is 37.1 Å². The first kappa shape index (κ1) is 19.3. The van der Waals surface area contributed by atoms with E-state index in [-0.39, 0.29) is 12.3 Å². The summed E-state index contributed by atoms with van der Waals surface area (Å²) in [7, 11) is -1.09. The van der Waals surface area contributed by atoms with Gasteiger partial charge in [-0.1, -0.05) is 32.0 Å². The van der Waals surface area contributed by atoms with Crippen molar-refractivity contribution in [2.24, 2.45) is 0 Å². The molecule has 0 fully saturated rings. The van der Waals surface area contributed by atoms with Crippen LogP contribution >= 0.6 is 0 Å². The molecule has 1 aliphatic rings. The number of carbonyl (C=O) groups is 1. The Labute approximate surface area is 158 Å². The summed E-state index contributed by atoms with van der Waals surface area (Å²) in [5.74, 6) is 0.406. The summed E-state index contributed by atoms with van der Waals surface area (Å²) in [5.41, 5.74) is 1.93. The number of aryl methyl sites for hydroxylation is 1. The van der Waals surface area contributed by atoms with E-state index in [4.69, 9.17) is 4.65 Å². The highest BCUT2D eigenvalue weighted by atomic mass is 16.5. The van der Waals surface area contributed by atoms with E-state index in [1.165, 1.54) is 0 Å². The minimum absolute atomic E-state index is 0.0403. The molecule has 27 heavy (non-hydrogen) atoms. The van der Waals surface area contributed by atoms with Crippen molar-refractivity contribution >= 4 is 13.0 Å². The standard InChI is InChI=1S/C17H25BN6O3/c1-11(2)19-7-8-24-15(21-22-23-24)10-16(25)20-14-9-13-6-4-5-12(3)17(13)27-18(14)26/h4-6,11,14,19,26H,7-10H2,1-3H3,(H,20,25)/t14-/m0/s1. The van der Waals surface area contributed by atoms with Crippen LogP contribution in [0.4, 0.5) is 0 Å². The van der Waals surface area contributed by atoms with Gasteiger partial charge in [-0.25, -0.2) is 4.68 Å². The SMILES string of the molecule is Cc1cccc2c1OB(O)[C@@H](NC(=O)Cc1nnnn1CCNC(C)C)C2. The van der Waals surface area contributed by atoms with Crippen molar-refractivity contribution in [2.75, 3.05) is 6.54 Å². The summed E-state index contributed by atoms with van der Waals surface area (Å²) in [4.78, 5) is 12.4. The maximum atomic E-state index is 12.4. The summed E-state index contributed by atoms with van der Waals surface area (Å²) >= 11 is 0. The van der Waals surface area contributed by atoms with Gasteiger partial charge in [0.25, 0.3) is 0 Å². The third-order valence-corrected chi connectivity index (χ3v) is 4.46. The molecule has 0 unspecified atom stereocenters. The number of nitrogens with zero attached hydrogens (tertiary/aromatic N) is 4. The number of tetrazole rings is 1. The first-order chi connectivity index (χ1) is 12.9. The number of aromatic nitrogens is 4. The quantitative estimate of drug-likeness (QED) is 0.570. The number of para-hydroxylation sites is 1. The second-order valence-corrected chi connectivity index (χ2v) is 7.05. The van der Waals surface area contributed by atoms with E-state index < -0.39 is 13.1 Å². The van der Waals surface area contributed by atoms with Gasteiger partial charge in [0.2, 0.25) is 5.91 Å². The summed E-state index contributed by atoms with van der Waals surface area (Å²) in [5, 5.41) is 27.9. The Morgan fingerprint density at radius 3 is 3.07 bits per heavy atom. The molecular formula is C17H25BN6O3. The molecule has 0 bridgehead atoms. The Hall–Kier alpha value is -2.46. The molecule has 9 nitrogen and oxygen atoms in total. The highest BCUT2D eigenvalue weighted by Gasteiger charge is 2.36. The van der Waals surface area contributed by atoms with Gasteiger partial charge in [0.1, 0.15) is 5.75 Å². The van der Waals surface area contributed by atoms with Crippen molar-refractivity contribution in [2.45, 2.75) is 52.1 Å². The van der Waals surface area contributed by atoms with E-state index in [9.17, 15) is 9.82 Å². The number of fused-ring (bicyclic) bond motifs is 1. The summed E-state index contributed by atoms with van der Waals surface area (Å²) < 4.78 is 7.21. The molecular weight excluding hydrogens is 347 g/mol. The zero-order valence-electron chi connectivity index (χ0n) is 15.8. The number of benzene rings is 1. The Balaban J connectivity index is 1.58. The van der Waals surface area contributed by atoms with Gasteiger partial charge in [-0.15, -0.1) is 5.10 Å². The van der Waals surface area contributed by atoms with Crippen molar-refractivity contribution in [3.05, 3.63) is 35.2 Å². The molecule has 1 atom stereocenters. The number of hydrogen-bond donors (Lipinski definition) is 3. The van der Waals surface area contributed by atoms with Gasteiger partial charge in [-0.2, -0.15) is 0 Å². The van der Waals surface area contributed by atoms with Gasteiger partial charge in [0.15, 0.2) is 5.82 Å². The third kappa shape index (κ3) is 4.83. The van der Waals surface area contributed by atoms with E-state index in [0.717, 1.165) is 11.1 Å². The summed E-state index contributed by atoms with van der Waals surface area (Å²) in [6.07, 6.45) is 0.547. The molecule has 3 rings (SSSR count). The van der Waals surface area contributed by atoms with Gasteiger partial charge in [-0.05, 0) is 34.9 Å². The second kappa shape index (κ2) is 8.49. The lowest BCUT2D eigenvalue weighted by molar-refractivity contribution is -0.121. The van der Waals surface area contributed by atoms with Crippen molar-refractivity contribution in [1.82, 2.24) is 30.8 Å². The fraction of sp³-hybridized carbons (Fsp3) is 0.529. The molecule has 0 saturated heterocycles. The monoisotopic (exact) mass is 372 g/mol. The van der Waals surface area contributed by atoms with Crippen molar-refractivity contribution in [3.8, 4) is 5.75 Å². The molecule has 1 amide bonds. The molecule has 0 saturated carbocycles. The second-order valence-electron chi connectivity index (χ2n) is 7.05. The molecule has 1 aromatic carbocycles. The Bertz CT molecular complexity index is 797. The zero-order valence-corrected chi connectivity index (χ0v) is 15.8. The number of rotatable bonds is 7. The highest BCUT2D eigenvalue weighted by Crippen LogP contribution is 2.29. The average molecular weight is 372 g/mol. The first-order valence-electron chi connectivity index (χ1n) is 9.15. The van der Waals surface area contributed by atoms with Gasteiger partial charge >= 0.3 is 7.12 Å². The number of amides is 1. The molecule has 2 heterocycles. The summed E-state index contributed by atoms with van der Waals surface area (Å²) in [6.45, 7) is 7.34. The van der Waals surface area contributed by atoms with Gasteiger partial charge in [-0.3, -0.25) is 4.79 Å². The van der Waals surface area contributed by atoms with Crippen LogP contribution in [0.3, 0.4) is 0 Å². The third-order valence-electron chi connectivity index (χ3n) is 4.46. The first-order valence-corrected chi connectivity index (χ1v) is 9.15. The predicted octanol–water partition coefficient (Wildman–Crippen LogP) is -0.338. The van der Waals surface area contributed by atoms with Crippen molar-refractivity contribution in [3.63, 3.8) is 0 Å². The Morgan fingerprint density at radius 2 is 2.30 bits per heavy atom. The number of nitrogens with one attached hydrogen (secondary N) is 2. The Kier molecular flexibility index (Phi) is 6.07. The maximum Gasteiger partial charge on any atom is 0.547 e. The normalized spacial score (nSPS) is 16.2. The summed E-state index contributed by atoms with van der Waals surface area (Å²) in [6, 6.07) is 6.18. The van der Waals surface area contributed by atoms with Crippen LogP contribution in [0.5, 0.6) is 5.75 Å². The highest BCUT2D eigenvalue weighted by molar-refractivity contribution is 6.46. The van der Waals surface area contributed by atoms with Crippen LogP contribution in [0, 0.1) is 6.92 Å². The zero-order chi connectivity index (χ0) is 19.4. The lowest BCUT2D eigenvalue weighted by Crippen LogP contribution is -2.53. The molecule has 3 N–H and O–H groups in total. The number of hydrogen-bond acceptors (Lipinski definition) is 7. The minimum Gasteiger partial charge on any atom is -0.534 e. The van der Waals surface area contributed by atoms with Crippen LogP contribution in [0.15, 0.2) is 18.2 Å². The topological polar surface area (TPSA) is 114 Å². The van der Waals surface area contributed by atoms with Gasteiger partial charge in [0.05, 0.1) is 18.9 Å². The van der Waals surface area contributed by atoms with Crippen molar-refractivity contribution < 1.29 is 14.5 Å². The van der Waals surface area contributed by atoms with Gasteiger partial charge < -0.3 is 20.3 Å². The molecule has 144 valence electrons. The lowest BCUT2D eigenvalue weighted by atomic mass is 9.72. The molecule has 0 aliphatic carbocycles. The fourth-order valence-electron chi connectivity index (χ4n) is 3.09. The number of carbonyl (C=O) groups excluding carboxylic acids is 1. The van der Waals surface area contributed by atoms with Crippen molar-refractivity contribution in [1.29, 1.82) is 0 Å². The van der Waals surface area contributed by atoms with E-state index in [1.807, 2.05) is 25.1 Å². The molecule has 2 aromatic rings. The van der Waals surface area contributed by atoms with Crippen LogP contribution in [-0.4, -0.2) is 56.8 Å². The maximum absolute atomic E-state index is 12.4. The van der Waals surface area contributed by atoms with E-state index >= 15 is 0 Å². The minimum atomic E-state index is -1.09. The van der Waals surface area contributed by atoms with Crippen LogP contribution in [0.2, 0.25) is 0 Å². The fourth-order valence-corrected chi connectivity index (χ4v) is 3.09. The molecule has 1 aliphatic heterocycles. The lowest BCUT2D eigenvalue weighted by Gasteiger charge is -2.29. The molecule has 0 radical (unpaired) electrons. The smallest absolute Gasteiger partial charge is 0.534 e. The van der Waals surface area contributed by atoms with Gasteiger partial charge in [0, 0.05) is 12.6 Å². The van der Waals surface area contributed by atoms with E-state index in [1.54, 1.807) is 4.68 Å². The van der Waals surface area contributed by atoms with Crippen LogP contribution in [0.1, 0.15) is 30.8 Å².